The number of carbonyl (C=O) groups is 1. The third kappa shape index (κ3) is 1.59. The normalized spacial score (nSPS) is 34.6. The molecule has 2 unspecified atom stereocenters. The summed E-state index contributed by atoms with van der Waals surface area (Å²) in [6.07, 6.45) is 2.02. The smallest absolute Gasteiger partial charge is 0.247 e. The quantitative estimate of drug-likeness (QED) is 0.845. The molecule has 3 fully saturated rings. The van der Waals surface area contributed by atoms with Crippen molar-refractivity contribution in [1.29, 1.82) is 0 Å². The van der Waals surface area contributed by atoms with E-state index in [1.807, 2.05) is 27.7 Å². The lowest BCUT2D eigenvalue weighted by Crippen LogP contribution is -2.76. The van der Waals surface area contributed by atoms with Crippen LogP contribution in [0, 0.1) is 11.3 Å². The Hall–Kier alpha value is -1.17. The van der Waals surface area contributed by atoms with Crippen LogP contribution in [-0.2, 0) is 14.8 Å². The summed E-state index contributed by atoms with van der Waals surface area (Å²) in [5.74, 6) is 0.175. The van der Waals surface area contributed by atoms with Gasteiger partial charge >= 0.3 is 0 Å². The third-order valence-electron chi connectivity index (χ3n) is 5.81. The second kappa shape index (κ2) is 4.18. The maximum absolute atomic E-state index is 12.9. The van der Waals surface area contributed by atoms with E-state index in [0.29, 0.717) is 18.8 Å². The highest BCUT2D eigenvalue weighted by Gasteiger charge is 2.75. The maximum atomic E-state index is 12.9. The van der Waals surface area contributed by atoms with Crippen molar-refractivity contribution >= 4 is 21.6 Å². The first-order valence-electron chi connectivity index (χ1n) is 7.43. The van der Waals surface area contributed by atoms with E-state index in [9.17, 15) is 13.2 Å². The summed E-state index contributed by atoms with van der Waals surface area (Å²) in [4.78, 5) is 16.7. The van der Waals surface area contributed by atoms with Gasteiger partial charge in [-0.05, 0) is 37.8 Å². The zero-order valence-electron chi connectivity index (χ0n) is 13.0. The number of nitrogens with one attached hydrogen (secondary N) is 1. The molecule has 4 rings (SSSR count). The van der Waals surface area contributed by atoms with Crippen LogP contribution in [0.4, 0.5) is 0 Å². The van der Waals surface area contributed by atoms with Gasteiger partial charge in [0.25, 0.3) is 0 Å². The summed E-state index contributed by atoms with van der Waals surface area (Å²) in [6.45, 7) is 8.13. The van der Waals surface area contributed by atoms with Gasteiger partial charge in [0.05, 0.1) is 6.54 Å². The average Bonchev–Trinajstić information content (AvgIpc) is 2.70. The van der Waals surface area contributed by atoms with Crippen molar-refractivity contribution in [2.24, 2.45) is 16.3 Å². The second-order valence-corrected chi connectivity index (χ2v) is 8.94. The molecule has 0 radical (unpaired) electrons. The lowest BCUT2D eigenvalue weighted by Gasteiger charge is -2.61. The molecule has 0 aromatic rings. The molecule has 3 saturated carbocycles. The number of Topliss-reactive ketones (excluding diaryl/α,β-unsaturated/α-hetero) is 1. The highest BCUT2D eigenvalue weighted by atomic mass is 32.2. The van der Waals surface area contributed by atoms with Gasteiger partial charge in [0, 0.05) is 11.3 Å². The number of sulfonamides is 1. The van der Waals surface area contributed by atoms with Crippen LogP contribution in [0.25, 0.3) is 0 Å². The molecule has 1 aliphatic heterocycles. The molecule has 0 aromatic carbocycles. The fraction of sp³-hybridized carbons (Fsp3) is 0.733. The lowest BCUT2D eigenvalue weighted by molar-refractivity contribution is -0.154. The summed E-state index contributed by atoms with van der Waals surface area (Å²) in [5.41, 5.74) is 1.43. The van der Waals surface area contributed by atoms with Crippen LogP contribution in [0.15, 0.2) is 16.1 Å². The third-order valence-corrected chi connectivity index (χ3v) is 8.12. The summed E-state index contributed by atoms with van der Waals surface area (Å²) in [5, 5.41) is 0. The van der Waals surface area contributed by atoms with Crippen molar-refractivity contribution in [2.75, 3.05) is 6.54 Å². The molecule has 6 heteroatoms. The minimum Gasteiger partial charge on any atom is -0.297 e. The summed E-state index contributed by atoms with van der Waals surface area (Å²) in [6, 6.07) is 0. The number of nitrogens with zero attached hydrogens (tertiary/aromatic N) is 1. The van der Waals surface area contributed by atoms with E-state index in [2.05, 4.69) is 9.71 Å². The molecule has 2 bridgehead atoms. The van der Waals surface area contributed by atoms with Crippen LogP contribution in [0.1, 0.15) is 47.0 Å². The highest BCUT2D eigenvalue weighted by molar-refractivity contribution is 7.92. The van der Waals surface area contributed by atoms with E-state index in [4.69, 9.17) is 0 Å². The van der Waals surface area contributed by atoms with Crippen molar-refractivity contribution in [1.82, 2.24) is 4.72 Å². The molecular formula is C15H22N2O3S. The van der Waals surface area contributed by atoms with Gasteiger partial charge in [0.2, 0.25) is 10.0 Å². The first kappa shape index (κ1) is 14.8. The Morgan fingerprint density at radius 1 is 1.29 bits per heavy atom. The number of fused-ring (bicyclic) bond motifs is 2. The maximum Gasteiger partial charge on any atom is 0.247 e. The van der Waals surface area contributed by atoms with Gasteiger partial charge < -0.3 is 0 Å². The molecular weight excluding hydrogens is 288 g/mol. The zero-order valence-corrected chi connectivity index (χ0v) is 13.8. The van der Waals surface area contributed by atoms with Crippen LogP contribution >= 0.6 is 0 Å². The SMILES string of the molecule is CC1=C(C)C(NS(=O)(=O)C23CCCC(C2=O)C3(C)C)=NC1. The van der Waals surface area contributed by atoms with Gasteiger partial charge in [-0.15, -0.1) is 0 Å². The number of ketones is 1. The molecule has 0 amide bonds. The number of amidine groups is 1. The minimum atomic E-state index is -3.78. The molecule has 1 heterocycles. The summed E-state index contributed by atoms with van der Waals surface area (Å²) >= 11 is 0. The predicted octanol–water partition coefficient (Wildman–Crippen LogP) is 1.80. The molecule has 3 aliphatic carbocycles. The number of aliphatic imine (C=N–C) groups is 1. The topological polar surface area (TPSA) is 75.6 Å². The van der Waals surface area contributed by atoms with E-state index in [1.54, 1.807) is 0 Å². The Bertz CT molecular complexity index is 688. The number of hydrogen-bond donors (Lipinski definition) is 1. The van der Waals surface area contributed by atoms with Crippen molar-refractivity contribution in [3.8, 4) is 0 Å². The van der Waals surface area contributed by atoms with E-state index in [-0.39, 0.29) is 11.7 Å². The van der Waals surface area contributed by atoms with E-state index < -0.39 is 20.2 Å². The molecule has 0 aromatic heterocycles. The predicted molar refractivity (Wildman–Crippen MR) is 81.6 cm³/mol. The summed E-state index contributed by atoms with van der Waals surface area (Å²) in [7, 11) is -3.78. The Labute approximate surface area is 126 Å². The number of rotatable bonds is 2. The Morgan fingerprint density at radius 3 is 2.43 bits per heavy atom. The number of hydrogen-bond acceptors (Lipinski definition) is 4. The van der Waals surface area contributed by atoms with Gasteiger partial charge in [-0.2, -0.15) is 0 Å². The van der Waals surface area contributed by atoms with Crippen molar-refractivity contribution < 1.29 is 13.2 Å². The van der Waals surface area contributed by atoms with Gasteiger partial charge in [-0.1, -0.05) is 20.3 Å². The second-order valence-electron chi connectivity index (χ2n) is 7.03. The molecule has 0 spiro atoms. The monoisotopic (exact) mass is 310 g/mol. The lowest BCUT2D eigenvalue weighted by atomic mass is 9.47. The van der Waals surface area contributed by atoms with Crippen molar-refractivity contribution in [3.05, 3.63) is 11.1 Å². The fourth-order valence-corrected chi connectivity index (χ4v) is 6.50. The van der Waals surface area contributed by atoms with Crippen LogP contribution in [0.3, 0.4) is 0 Å². The van der Waals surface area contributed by atoms with Crippen LogP contribution < -0.4 is 4.72 Å². The molecule has 116 valence electrons. The fourth-order valence-electron chi connectivity index (χ4n) is 4.20. The number of carbonyl (C=O) groups excluding carboxylic acids is 1. The molecule has 21 heavy (non-hydrogen) atoms. The molecule has 2 atom stereocenters. The molecule has 5 nitrogen and oxygen atoms in total. The average molecular weight is 310 g/mol. The van der Waals surface area contributed by atoms with Gasteiger partial charge in [-0.25, -0.2) is 8.42 Å². The first-order chi connectivity index (χ1) is 9.65. The Morgan fingerprint density at radius 2 is 1.95 bits per heavy atom. The van der Waals surface area contributed by atoms with E-state index >= 15 is 0 Å². The van der Waals surface area contributed by atoms with Crippen LogP contribution in [-0.4, -0.2) is 31.3 Å². The van der Waals surface area contributed by atoms with Crippen molar-refractivity contribution in [3.63, 3.8) is 0 Å². The first-order valence-corrected chi connectivity index (χ1v) is 8.91. The minimum absolute atomic E-state index is 0.108. The largest absolute Gasteiger partial charge is 0.297 e. The van der Waals surface area contributed by atoms with Crippen LogP contribution in [0.2, 0.25) is 0 Å². The molecule has 1 N–H and O–H groups in total. The van der Waals surface area contributed by atoms with E-state index in [0.717, 1.165) is 24.0 Å². The molecule has 4 aliphatic rings. The molecule has 0 saturated heterocycles. The van der Waals surface area contributed by atoms with Crippen LogP contribution in [0.5, 0.6) is 0 Å². The highest BCUT2D eigenvalue weighted by Crippen LogP contribution is 2.62. The van der Waals surface area contributed by atoms with Crippen molar-refractivity contribution in [2.45, 2.75) is 51.7 Å². The Balaban J connectivity index is 1.98. The van der Waals surface area contributed by atoms with Gasteiger partial charge in [0.1, 0.15) is 5.84 Å². The Kier molecular flexibility index (Phi) is 2.94. The standard InChI is InChI=1S/C15H22N2O3S/c1-9-8-16-13(10(9)2)17-21(19,20)15-7-5-6-11(12(15)18)14(15,3)4/h11H,5-8H2,1-4H3,(H,16,17). The summed E-state index contributed by atoms with van der Waals surface area (Å²) < 4.78 is 27.2. The zero-order chi connectivity index (χ0) is 15.6. The van der Waals surface area contributed by atoms with E-state index in [1.165, 1.54) is 0 Å². The van der Waals surface area contributed by atoms with Gasteiger partial charge in [0.15, 0.2) is 10.5 Å². The van der Waals surface area contributed by atoms with Gasteiger partial charge in [-0.3, -0.25) is 14.5 Å².